The maximum Gasteiger partial charge on any atom is 0.251 e. The van der Waals surface area contributed by atoms with Crippen molar-refractivity contribution >= 4 is 35.2 Å². The summed E-state index contributed by atoms with van der Waals surface area (Å²) < 4.78 is 0. The highest BCUT2D eigenvalue weighted by molar-refractivity contribution is 8.00. The molecule has 0 spiro atoms. The van der Waals surface area contributed by atoms with Crippen LogP contribution in [0.3, 0.4) is 0 Å². The van der Waals surface area contributed by atoms with Gasteiger partial charge in [0.1, 0.15) is 5.37 Å². The van der Waals surface area contributed by atoms with Gasteiger partial charge in [-0.15, -0.1) is 11.8 Å². The standard InChI is InChI=1S/C24H21ClN2O2S/c25-21-12-6-18(7-13-21)15-27-22(28)16-30-24(27)20-10-8-19(9-11-20)23(29)26-14-17-4-2-1-3-5-17/h1-13,24H,14-16H2,(H,26,29)/t24-/m1/s1. The van der Waals surface area contributed by atoms with Crippen LogP contribution in [0.2, 0.25) is 5.02 Å². The van der Waals surface area contributed by atoms with Gasteiger partial charge in [0.05, 0.1) is 5.75 Å². The van der Waals surface area contributed by atoms with Gasteiger partial charge >= 0.3 is 0 Å². The number of amides is 2. The van der Waals surface area contributed by atoms with Gasteiger partial charge in [0.25, 0.3) is 5.91 Å². The Balaban J connectivity index is 1.42. The van der Waals surface area contributed by atoms with Crippen molar-refractivity contribution in [3.05, 3.63) is 106 Å². The molecule has 0 aliphatic carbocycles. The number of hydrogen-bond acceptors (Lipinski definition) is 3. The van der Waals surface area contributed by atoms with Crippen molar-refractivity contribution in [1.29, 1.82) is 0 Å². The molecule has 30 heavy (non-hydrogen) atoms. The van der Waals surface area contributed by atoms with Gasteiger partial charge in [0.15, 0.2) is 0 Å². The van der Waals surface area contributed by atoms with Crippen LogP contribution in [0.15, 0.2) is 78.9 Å². The van der Waals surface area contributed by atoms with Crippen LogP contribution in [0.1, 0.15) is 32.4 Å². The maximum absolute atomic E-state index is 12.4. The Hall–Kier alpha value is -2.76. The second-order valence-electron chi connectivity index (χ2n) is 7.10. The molecule has 4 nitrogen and oxygen atoms in total. The fourth-order valence-electron chi connectivity index (χ4n) is 3.37. The molecule has 1 aliphatic rings. The van der Waals surface area contributed by atoms with E-state index >= 15 is 0 Å². The van der Waals surface area contributed by atoms with Crippen LogP contribution in [0.5, 0.6) is 0 Å². The highest BCUT2D eigenvalue weighted by atomic mass is 35.5. The van der Waals surface area contributed by atoms with Crippen LogP contribution >= 0.6 is 23.4 Å². The maximum atomic E-state index is 12.4. The third-order valence-corrected chi connectivity index (χ3v) is 6.50. The summed E-state index contributed by atoms with van der Waals surface area (Å²) in [6.07, 6.45) is 0. The summed E-state index contributed by atoms with van der Waals surface area (Å²) in [6, 6.07) is 24.9. The lowest BCUT2D eigenvalue weighted by molar-refractivity contribution is -0.128. The average Bonchev–Trinajstić information content (AvgIpc) is 3.14. The first-order valence-corrected chi connectivity index (χ1v) is 11.1. The van der Waals surface area contributed by atoms with Crippen molar-refractivity contribution in [2.45, 2.75) is 18.5 Å². The van der Waals surface area contributed by atoms with E-state index in [1.807, 2.05) is 83.8 Å². The van der Waals surface area contributed by atoms with Crippen LogP contribution in [-0.2, 0) is 17.9 Å². The first-order chi connectivity index (χ1) is 14.6. The molecule has 0 bridgehead atoms. The summed E-state index contributed by atoms with van der Waals surface area (Å²) in [5.41, 5.74) is 3.71. The number of rotatable bonds is 6. The molecule has 3 aromatic rings. The van der Waals surface area contributed by atoms with E-state index in [2.05, 4.69) is 5.32 Å². The first-order valence-electron chi connectivity index (χ1n) is 9.68. The summed E-state index contributed by atoms with van der Waals surface area (Å²) in [5.74, 6) is 0.459. The number of nitrogens with one attached hydrogen (secondary N) is 1. The van der Waals surface area contributed by atoms with Gasteiger partial charge in [-0.25, -0.2) is 0 Å². The summed E-state index contributed by atoms with van der Waals surface area (Å²) in [4.78, 5) is 26.8. The van der Waals surface area contributed by atoms with Crippen molar-refractivity contribution in [3.8, 4) is 0 Å². The second-order valence-corrected chi connectivity index (χ2v) is 8.61. The summed E-state index contributed by atoms with van der Waals surface area (Å²) in [6.45, 7) is 1.02. The first kappa shape index (κ1) is 20.5. The number of thioether (sulfide) groups is 1. The number of hydrogen-bond donors (Lipinski definition) is 1. The van der Waals surface area contributed by atoms with Gasteiger partial charge in [-0.1, -0.05) is 66.2 Å². The molecule has 3 aromatic carbocycles. The summed E-state index contributed by atoms with van der Waals surface area (Å²) >= 11 is 7.57. The van der Waals surface area contributed by atoms with Gasteiger partial charge in [-0.2, -0.15) is 0 Å². The molecule has 0 saturated carbocycles. The van der Waals surface area contributed by atoms with E-state index in [-0.39, 0.29) is 17.2 Å². The summed E-state index contributed by atoms with van der Waals surface area (Å²) in [7, 11) is 0. The van der Waals surface area contributed by atoms with Crippen molar-refractivity contribution in [2.75, 3.05) is 5.75 Å². The average molecular weight is 437 g/mol. The van der Waals surface area contributed by atoms with Crippen LogP contribution in [0.4, 0.5) is 0 Å². The monoisotopic (exact) mass is 436 g/mol. The quantitative estimate of drug-likeness (QED) is 0.588. The second kappa shape index (κ2) is 9.37. The zero-order valence-corrected chi connectivity index (χ0v) is 17.8. The van der Waals surface area contributed by atoms with E-state index < -0.39 is 0 Å². The molecule has 2 amide bonds. The highest BCUT2D eigenvalue weighted by Crippen LogP contribution is 2.39. The van der Waals surface area contributed by atoms with Crippen molar-refractivity contribution in [2.24, 2.45) is 0 Å². The van der Waals surface area contributed by atoms with Gasteiger partial charge in [-0.3, -0.25) is 9.59 Å². The van der Waals surface area contributed by atoms with Crippen LogP contribution < -0.4 is 5.32 Å². The molecule has 4 rings (SSSR count). The molecule has 1 saturated heterocycles. The number of nitrogens with zero attached hydrogens (tertiary/aromatic N) is 1. The third kappa shape index (κ3) is 4.86. The van der Waals surface area contributed by atoms with Gasteiger partial charge in [0, 0.05) is 23.7 Å². The van der Waals surface area contributed by atoms with Crippen LogP contribution in [0, 0.1) is 0 Å². The Labute approximate surface area is 185 Å². The molecular formula is C24H21ClN2O2S. The van der Waals surface area contributed by atoms with E-state index in [0.29, 0.717) is 29.4 Å². The Kier molecular flexibility index (Phi) is 6.41. The van der Waals surface area contributed by atoms with E-state index in [1.54, 1.807) is 11.8 Å². The van der Waals surface area contributed by atoms with Gasteiger partial charge < -0.3 is 10.2 Å². The molecule has 1 fully saturated rings. The molecular weight excluding hydrogens is 416 g/mol. The highest BCUT2D eigenvalue weighted by Gasteiger charge is 2.32. The fourth-order valence-corrected chi connectivity index (χ4v) is 4.68. The lowest BCUT2D eigenvalue weighted by atomic mass is 10.1. The molecule has 0 aromatic heterocycles. The predicted molar refractivity (Wildman–Crippen MR) is 121 cm³/mol. The minimum Gasteiger partial charge on any atom is -0.348 e. The Bertz CT molecular complexity index is 1020. The number of benzene rings is 3. The summed E-state index contributed by atoms with van der Waals surface area (Å²) in [5, 5.41) is 3.56. The van der Waals surface area contributed by atoms with Gasteiger partial charge in [-0.05, 0) is 41.0 Å². The molecule has 1 heterocycles. The molecule has 152 valence electrons. The zero-order chi connectivity index (χ0) is 20.9. The number of carbonyl (C=O) groups is 2. The van der Waals surface area contributed by atoms with E-state index in [9.17, 15) is 9.59 Å². The molecule has 0 radical (unpaired) electrons. The van der Waals surface area contributed by atoms with E-state index in [1.165, 1.54) is 0 Å². The van der Waals surface area contributed by atoms with Crippen molar-refractivity contribution < 1.29 is 9.59 Å². The number of halogens is 1. The minimum absolute atomic E-state index is 0.0605. The minimum atomic E-state index is -0.112. The fraction of sp³-hybridized carbons (Fsp3) is 0.167. The van der Waals surface area contributed by atoms with Crippen molar-refractivity contribution in [3.63, 3.8) is 0 Å². The molecule has 1 atom stereocenters. The molecule has 1 N–H and O–H groups in total. The van der Waals surface area contributed by atoms with Crippen molar-refractivity contribution in [1.82, 2.24) is 10.2 Å². The van der Waals surface area contributed by atoms with E-state index in [4.69, 9.17) is 11.6 Å². The zero-order valence-electron chi connectivity index (χ0n) is 16.3. The van der Waals surface area contributed by atoms with Crippen LogP contribution in [-0.4, -0.2) is 22.5 Å². The molecule has 6 heteroatoms. The number of carbonyl (C=O) groups excluding carboxylic acids is 2. The Morgan fingerprint density at radius 2 is 1.67 bits per heavy atom. The van der Waals surface area contributed by atoms with E-state index in [0.717, 1.165) is 16.7 Å². The van der Waals surface area contributed by atoms with Gasteiger partial charge in [0.2, 0.25) is 5.91 Å². The lowest BCUT2D eigenvalue weighted by Gasteiger charge is -2.24. The Morgan fingerprint density at radius 3 is 2.37 bits per heavy atom. The lowest BCUT2D eigenvalue weighted by Crippen LogP contribution is -2.27. The predicted octanol–water partition coefficient (Wildman–Crippen LogP) is 5.04. The largest absolute Gasteiger partial charge is 0.348 e. The molecule has 1 aliphatic heterocycles. The SMILES string of the molecule is O=C(NCc1ccccc1)c1ccc([C@H]2SCC(=O)N2Cc2ccc(Cl)cc2)cc1. The third-order valence-electron chi connectivity index (χ3n) is 4.99. The smallest absolute Gasteiger partial charge is 0.251 e. The van der Waals surface area contributed by atoms with Crippen LogP contribution in [0.25, 0.3) is 0 Å². The topological polar surface area (TPSA) is 49.4 Å². The molecule has 0 unspecified atom stereocenters. The normalized spacial score (nSPS) is 16.0. The Morgan fingerprint density at radius 1 is 0.967 bits per heavy atom.